The molecule has 0 radical (unpaired) electrons. The zero-order valence-electron chi connectivity index (χ0n) is 29.9. The van der Waals surface area contributed by atoms with Crippen molar-refractivity contribution in [2.24, 2.45) is 0 Å². The number of unbranched alkanes of at least 4 members (excludes halogenated alkanes) is 21. The monoisotopic (exact) mass is 637 g/mol. The summed E-state index contributed by atoms with van der Waals surface area (Å²) in [6.07, 6.45) is 33.6. The van der Waals surface area contributed by atoms with Crippen molar-refractivity contribution in [1.82, 2.24) is 0 Å². The van der Waals surface area contributed by atoms with Crippen LogP contribution < -0.4 is 0 Å². The van der Waals surface area contributed by atoms with Crippen molar-refractivity contribution in [2.75, 3.05) is 13.2 Å². The number of hydrogen-bond acceptors (Lipinski definition) is 6. The molecule has 0 saturated carbocycles. The first-order valence-corrected chi connectivity index (χ1v) is 19.2. The largest absolute Gasteiger partial charge is 0.462 e. The van der Waals surface area contributed by atoms with Crippen LogP contribution in [0, 0.1) is 0 Å². The molecule has 1 atom stereocenters. The summed E-state index contributed by atoms with van der Waals surface area (Å²) in [4.78, 5) is 37.2. The lowest BCUT2D eigenvalue weighted by Gasteiger charge is -2.18. The minimum absolute atomic E-state index is 0.0715. The molecule has 45 heavy (non-hydrogen) atoms. The van der Waals surface area contributed by atoms with Crippen molar-refractivity contribution in [3.63, 3.8) is 0 Å². The average Bonchev–Trinajstić information content (AvgIpc) is 3.03. The van der Waals surface area contributed by atoms with E-state index in [0.29, 0.717) is 19.3 Å². The van der Waals surface area contributed by atoms with Gasteiger partial charge in [0.05, 0.1) is 0 Å². The van der Waals surface area contributed by atoms with Crippen molar-refractivity contribution in [1.29, 1.82) is 0 Å². The van der Waals surface area contributed by atoms with Gasteiger partial charge in [-0.25, -0.2) is 0 Å². The Kier molecular flexibility index (Phi) is 33.6. The lowest BCUT2D eigenvalue weighted by molar-refractivity contribution is -0.167. The second kappa shape index (κ2) is 35.0. The van der Waals surface area contributed by atoms with Crippen LogP contribution >= 0.6 is 0 Å². The molecule has 0 aromatic carbocycles. The summed E-state index contributed by atoms with van der Waals surface area (Å²) in [6, 6.07) is 0. The lowest BCUT2D eigenvalue weighted by atomic mass is 10.1. The van der Waals surface area contributed by atoms with E-state index in [2.05, 4.69) is 32.9 Å². The number of ether oxygens (including phenoxy) is 3. The summed E-state index contributed by atoms with van der Waals surface area (Å²) in [5, 5.41) is 0. The number of allylic oxidation sites excluding steroid dienone is 2. The molecule has 0 N–H and O–H groups in total. The van der Waals surface area contributed by atoms with Crippen LogP contribution in [0.25, 0.3) is 0 Å². The molecule has 0 bridgehead atoms. The van der Waals surface area contributed by atoms with Gasteiger partial charge in [-0.2, -0.15) is 0 Å². The fraction of sp³-hybridized carbons (Fsp3) is 0.872. The molecule has 6 heteroatoms. The fourth-order valence-electron chi connectivity index (χ4n) is 5.32. The molecular weight excluding hydrogens is 564 g/mol. The molecule has 0 fully saturated rings. The molecule has 0 saturated heterocycles. The Morgan fingerprint density at radius 2 is 0.733 bits per heavy atom. The Labute approximate surface area is 278 Å². The topological polar surface area (TPSA) is 78.9 Å². The van der Waals surface area contributed by atoms with E-state index >= 15 is 0 Å². The quantitative estimate of drug-likeness (QED) is 0.0303. The Bertz CT molecular complexity index is 704. The van der Waals surface area contributed by atoms with E-state index in [4.69, 9.17) is 14.2 Å². The highest BCUT2D eigenvalue weighted by atomic mass is 16.6. The average molecular weight is 637 g/mol. The van der Waals surface area contributed by atoms with E-state index in [0.717, 1.165) is 70.6 Å². The van der Waals surface area contributed by atoms with Crippen LogP contribution in [0.3, 0.4) is 0 Å². The van der Waals surface area contributed by atoms with Gasteiger partial charge in [-0.05, 0) is 44.9 Å². The van der Waals surface area contributed by atoms with Gasteiger partial charge in [0, 0.05) is 19.3 Å². The normalized spacial score (nSPS) is 12.0. The summed E-state index contributed by atoms with van der Waals surface area (Å²) in [6.45, 7) is 6.49. The number of rotatable bonds is 34. The highest BCUT2D eigenvalue weighted by Gasteiger charge is 2.19. The van der Waals surface area contributed by atoms with Crippen LogP contribution in [0.4, 0.5) is 0 Å². The third kappa shape index (κ3) is 33.3. The second-order valence-electron chi connectivity index (χ2n) is 12.8. The molecule has 0 amide bonds. The molecule has 0 aliphatic carbocycles. The first-order chi connectivity index (χ1) is 22.0. The van der Waals surface area contributed by atoms with Crippen LogP contribution in [-0.2, 0) is 28.6 Å². The highest BCUT2D eigenvalue weighted by Crippen LogP contribution is 2.13. The van der Waals surface area contributed by atoms with Gasteiger partial charge in [0.25, 0.3) is 0 Å². The van der Waals surface area contributed by atoms with Crippen LogP contribution in [0.5, 0.6) is 0 Å². The van der Waals surface area contributed by atoms with Gasteiger partial charge >= 0.3 is 17.9 Å². The van der Waals surface area contributed by atoms with Crippen LogP contribution in [-0.4, -0.2) is 37.2 Å². The molecule has 1 unspecified atom stereocenters. The lowest BCUT2D eigenvalue weighted by Crippen LogP contribution is -2.30. The standard InChI is InChI=1S/C39H72O6/c1-4-7-10-13-15-17-19-20-22-23-26-29-32-38(41)44-35-36(34-43-37(40)31-28-25-12-9-6-3)45-39(42)33-30-27-24-21-18-16-14-11-8-5-2/h15,17,36H,4-14,16,18-35H2,1-3H3/b17-15-. The Morgan fingerprint density at radius 1 is 0.422 bits per heavy atom. The van der Waals surface area contributed by atoms with Crippen LogP contribution in [0.15, 0.2) is 12.2 Å². The first-order valence-electron chi connectivity index (χ1n) is 19.2. The molecule has 0 aliphatic heterocycles. The molecule has 264 valence electrons. The summed E-state index contributed by atoms with van der Waals surface area (Å²) in [7, 11) is 0. The van der Waals surface area contributed by atoms with Crippen molar-refractivity contribution >= 4 is 17.9 Å². The molecule has 0 aromatic rings. The summed E-state index contributed by atoms with van der Waals surface area (Å²) in [5.74, 6) is -0.898. The third-order valence-corrected chi connectivity index (χ3v) is 8.27. The molecular formula is C39H72O6. The van der Waals surface area contributed by atoms with Crippen molar-refractivity contribution < 1.29 is 28.6 Å². The van der Waals surface area contributed by atoms with Crippen LogP contribution in [0.1, 0.15) is 201 Å². The molecule has 0 aromatic heterocycles. The maximum absolute atomic E-state index is 12.5. The van der Waals surface area contributed by atoms with Crippen molar-refractivity contribution in [3.05, 3.63) is 12.2 Å². The Morgan fingerprint density at radius 3 is 1.16 bits per heavy atom. The molecule has 0 rings (SSSR count). The SMILES string of the molecule is CCCCC/C=C\CCCCCCCC(=O)OCC(COC(=O)CCCCCCC)OC(=O)CCCCCCCCCCCC. The van der Waals surface area contributed by atoms with E-state index in [9.17, 15) is 14.4 Å². The number of carbonyl (C=O) groups is 3. The molecule has 0 aliphatic rings. The first kappa shape index (κ1) is 43.1. The van der Waals surface area contributed by atoms with E-state index in [-0.39, 0.29) is 31.1 Å². The van der Waals surface area contributed by atoms with Gasteiger partial charge in [-0.15, -0.1) is 0 Å². The van der Waals surface area contributed by atoms with E-state index < -0.39 is 6.10 Å². The summed E-state index contributed by atoms with van der Waals surface area (Å²) in [5.41, 5.74) is 0. The Hall–Kier alpha value is -1.85. The minimum Gasteiger partial charge on any atom is -0.462 e. The molecule has 6 nitrogen and oxygen atoms in total. The van der Waals surface area contributed by atoms with Gasteiger partial charge in [0.1, 0.15) is 13.2 Å². The smallest absolute Gasteiger partial charge is 0.306 e. The molecule has 0 heterocycles. The van der Waals surface area contributed by atoms with Gasteiger partial charge in [0.15, 0.2) is 6.10 Å². The third-order valence-electron chi connectivity index (χ3n) is 8.27. The van der Waals surface area contributed by atoms with Gasteiger partial charge in [0.2, 0.25) is 0 Å². The van der Waals surface area contributed by atoms with E-state index in [1.54, 1.807) is 0 Å². The van der Waals surface area contributed by atoms with Crippen molar-refractivity contribution in [3.8, 4) is 0 Å². The van der Waals surface area contributed by atoms with Gasteiger partial charge in [-0.3, -0.25) is 14.4 Å². The van der Waals surface area contributed by atoms with Crippen LogP contribution in [0.2, 0.25) is 0 Å². The Balaban J connectivity index is 4.29. The maximum Gasteiger partial charge on any atom is 0.306 e. The van der Waals surface area contributed by atoms with Crippen molar-refractivity contribution in [2.45, 2.75) is 207 Å². The predicted molar refractivity (Wildman–Crippen MR) is 187 cm³/mol. The number of esters is 3. The van der Waals surface area contributed by atoms with Gasteiger partial charge < -0.3 is 14.2 Å². The maximum atomic E-state index is 12.5. The van der Waals surface area contributed by atoms with E-state index in [1.807, 2.05) is 0 Å². The second-order valence-corrected chi connectivity index (χ2v) is 12.8. The zero-order valence-corrected chi connectivity index (χ0v) is 29.9. The number of hydrogen-bond donors (Lipinski definition) is 0. The van der Waals surface area contributed by atoms with E-state index in [1.165, 1.54) is 89.9 Å². The summed E-state index contributed by atoms with van der Waals surface area (Å²) >= 11 is 0. The van der Waals surface area contributed by atoms with Gasteiger partial charge in [-0.1, -0.05) is 148 Å². The zero-order chi connectivity index (χ0) is 33.1. The predicted octanol–water partition coefficient (Wildman–Crippen LogP) is 11.5. The molecule has 0 spiro atoms. The number of carbonyl (C=O) groups excluding carboxylic acids is 3. The highest BCUT2D eigenvalue weighted by molar-refractivity contribution is 5.71. The fourth-order valence-corrected chi connectivity index (χ4v) is 5.32. The minimum atomic E-state index is -0.761. The summed E-state index contributed by atoms with van der Waals surface area (Å²) < 4.78 is 16.5.